The lowest BCUT2D eigenvalue weighted by atomic mass is 10.2. The van der Waals surface area contributed by atoms with Crippen LogP contribution in [0.25, 0.3) is 10.6 Å². The summed E-state index contributed by atoms with van der Waals surface area (Å²) in [7, 11) is 1.43. The van der Waals surface area contributed by atoms with Crippen LogP contribution in [0.2, 0.25) is 10.0 Å². The Morgan fingerprint density at radius 2 is 1.81 bits per heavy atom. The van der Waals surface area contributed by atoms with Gasteiger partial charge in [-0.25, -0.2) is 4.98 Å². The molecular weight excluding hydrogens is 409 g/mol. The number of rotatable bonds is 4. The molecule has 138 valence electrons. The summed E-state index contributed by atoms with van der Waals surface area (Å²) < 4.78 is 5.12. The largest absolute Gasteiger partial charge is 0.496 e. The molecule has 0 spiro atoms. The minimum Gasteiger partial charge on any atom is -0.496 e. The van der Waals surface area contributed by atoms with E-state index in [1.54, 1.807) is 12.1 Å². The smallest absolute Gasteiger partial charge is 0.281 e. The van der Waals surface area contributed by atoms with E-state index in [9.17, 15) is 9.59 Å². The van der Waals surface area contributed by atoms with Crippen LogP contribution in [0, 0.1) is 0 Å². The summed E-state index contributed by atoms with van der Waals surface area (Å²) in [6.45, 7) is 0. The van der Waals surface area contributed by atoms with Gasteiger partial charge in [0, 0.05) is 10.6 Å². The normalized spacial score (nSPS) is 10.3. The molecule has 1 heterocycles. The van der Waals surface area contributed by atoms with Gasteiger partial charge >= 0.3 is 0 Å². The Bertz CT molecular complexity index is 1010. The monoisotopic (exact) mass is 421 g/mol. The van der Waals surface area contributed by atoms with Gasteiger partial charge in [0.1, 0.15) is 15.6 Å². The molecule has 3 aromatic rings. The second-order valence-corrected chi connectivity index (χ2v) is 7.14. The van der Waals surface area contributed by atoms with Crippen LogP contribution in [0.5, 0.6) is 5.75 Å². The van der Waals surface area contributed by atoms with Gasteiger partial charge in [-0.2, -0.15) is 0 Å². The fourth-order valence-electron chi connectivity index (χ4n) is 2.23. The third-order valence-electron chi connectivity index (χ3n) is 3.53. The lowest BCUT2D eigenvalue weighted by Gasteiger charge is -2.10. The Labute approximate surface area is 169 Å². The van der Waals surface area contributed by atoms with Crippen molar-refractivity contribution in [3.8, 4) is 16.3 Å². The van der Waals surface area contributed by atoms with Crippen molar-refractivity contribution >= 4 is 46.4 Å². The van der Waals surface area contributed by atoms with E-state index < -0.39 is 11.8 Å². The van der Waals surface area contributed by atoms with Crippen molar-refractivity contribution in [2.45, 2.75) is 0 Å². The minimum absolute atomic E-state index is 0.239. The molecule has 1 aromatic heterocycles. The van der Waals surface area contributed by atoms with E-state index in [0.717, 1.165) is 16.9 Å². The molecule has 6 nitrogen and oxygen atoms in total. The van der Waals surface area contributed by atoms with E-state index in [4.69, 9.17) is 27.9 Å². The van der Waals surface area contributed by atoms with E-state index in [0.29, 0.717) is 25.7 Å². The zero-order valence-electron chi connectivity index (χ0n) is 14.0. The second-order valence-electron chi connectivity index (χ2n) is 5.26. The maximum Gasteiger partial charge on any atom is 0.281 e. The molecule has 2 N–H and O–H groups in total. The van der Waals surface area contributed by atoms with Gasteiger partial charge in [-0.15, -0.1) is 11.3 Å². The SMILES string of the molecule is COc1cc(Cl)ccc1C(=O)NNC(=O)c1cnc(-c2ccccc2Cl)s1. The molecule has 0 aliphatic heterocycles. The first-order valence-electron chi connectivity index (χ1n) is 7.64. The standard InChI is InChI=1S/C18H13Cl2N3O3S/c1-26-14-8-10(19)6-7-12(14)16(24)22-23-17(25)15-9-21-18(27-15)11-4-2-3-5-13(11)20/h2-9H,1H3,(H,22,24)(H,23,25). The maximum atomic E-state index is 12.3. The molecule has 2 aromatic carbocycles. The molecule has 0 saturated carbocycles. The Hall–Kier alpha value is -2.61. The highest BCUT2D eigenvalue weighted by atomic mass is 35.5. The van der Waals surface area contributed by atoms with Crippen LogP contribution in [0.3, 0.4) is 0 Å². The molecule has 27 heavy (non-hydrogen) atoms. The zero-order chi connectivity index (χ0) is 19.4. The molecular formula is C18H13Cl2N3O3S. The second kappa shape index (κ2) is 8.39. The van der Waals surface area contributed by atoms with Gasteiger partial charge in [0.25, 0.3) is 11.8 Å². The lowest BCUT2D eigenvalue weighted by molar-refractivity contribution is 0.0847. The third kappa shape index (κ3) is 4.39. The number of halogens is 2. The molecule has 0 unspecified atom stereocenters. The highest BCUT2D eigenvalue weighted by Gasteiger charge is 2.16. The van der Waals surface area contributed by atoms with Crippen LogP contribution in [-0.4, -0.2) is 23.9 Å². The number of hydrogen-bond donors (Lipinski definition) is 2. The first-order chi connectivity index (χ1) is 13.0. The van der Waals surface area contributed by atoms with Crippen molar-refractivity contribution in [1.82, 2.24) is 15.8 Å². The zero-order valence-corrected chi connectivity index (χ0v) is 16.3. The Kier molecular flexibility index (Phi) is 5.95. The number of thiazole rings is 1. The van der Waals surface area contributed by atoms with E-state index >= 15 is 0 Å². The number of benzene rings is 2. The van der Waals surface area contributed by atoms with Gasteiger partial charge in [0.15, 0.2) is 0 Å². The van der Waals surface area contributed by atoms with Crippen LogP contribution in [-0.2, 0) is 0 Å². The number of aromatic nitrogens is 1. The van der Waals surface area contributed by atoms with Gasteiger partial charge < -0.3 is 4.74 Å². The number of hydrazine groups is 1. The highest BCUT2D eigenvalue weighted by Crippen LogP contribution is 2.30. The number of nitrogens with zero attached hydrogens (tertiary/aromatic N) is 1. The van der Waals surface area contributed by atoms with Crippen molar-refractivity contribution in [2.75, 3.05) is 7.11 Å². The van der Waals surface area contributed by atoms with Crippen molar-refractivity contribution < 1.29 is 14.3 Å². The Morgan fingerprint density at radius 3 is 2.56 bits per heavy atom. The first kappa shape index (κ1) is 19.2. The van der Waals surface area contributed by atoms with E-state index in [2.05, 4.69) is 15.8 Å². The summed E-state index contributed by atoms with van der Waals surface area (Å²) in [5.74, 6) is -0.729. The topological polar surface area (TPSA) is 80.3 Å². The van der Waals surface area contributed by atoms with Crippen LogP contribution < -0.4 is 15.6 Å². The molecule has 2 amide bonds. The number of carbonyl (C=O) groups is 2. The fraction of sp³-hybridized carbons (Fsp3) is 0.0556. The summed E-state index contributed by atoms with van der Waals surface area (Å²) in [4.78, 5) is 29.1. The van der Waals surface area contributed by atoms with E-state index in [1.165, 1.54) is 25.4 Å². The summed E-state index contributed by atoms with van der Waals surface area (Å²) >= 11 is 13.2. The predicted molar refractivity (Wildman–Crippen MR) is 105 cm³/mol. The predicted octanol–water partition coefficient (Wildman–Crippen LogP) is 4.20. The van der Waals surface area contributed by atoms with E-state index in [1.807, 2.05) is 18.2 Å². The summed E-state index contributed by atoms with van der Waals surface area (Å²) in [6, 6.07) is 11.8. The molecule has 9 heteroatoms. The Morgan fingerprint density at radius 1 is 1.07 bits per heavy atom. The number of methoxy groups -OCH3 is 1. The summed E-state index contributed by atoms with van der Waals surface area (Å²) in [5, 5.41) is 1.59. The summed E-state index contributed by atoms with van der Waals surface area (Å²) in [6.07, 6.45) is 1.42. The van der Waals surface area contributed by atoms with Crippen molar-refractivity contribution in [3.05, 3.63) is 69.1 Å². The summed E-state index contributed by atoms with van der Waals surface area (Å²) in [5.41, 5.74) is 5.67. The number of amides is 2. The van der Waals surface area contributed by atoms with Crippen LogP contribution in [0.15, 0.2) is 48.7 Å². The van der Waals surface area contributed by atoms with Gasteiger partial charge in [-0.05, 0) is 24.3 Å². The molecule has 0 bridgehead atoms. The minimum atomic E-state index is -0.535. The first-order valence-corrected chi connectivity index (χ1v) is 9.22. The van der Waals surface area contributed by atoms with E-state index in [-0.39, 0.29) is 5.56 Å². The highest BCUT2D eigenvalue weighted by molar-refractivity contribution is 7.17. The average Bonchev–Trinajstić information content (AvgIpc) is 3.16. The average molecular weight is 422 g/mol. The molecule has 0 fully saturated rings. The third-order valence-corrected chi connectivity index (χ3v) is 5.13. The van der Waals surface area contributed by atoms with Gasteiger partial charge in [0.05, 0.1) is 23.9 Å². The molecule has 0 saturated heterocycles. The molecule has 0 aliphatic carbocycles. The van der Waals surface area contributed by atoms with Crippen molar-refractivity contribution in [1.29, 1.82) is 0 Å². The lowest BCUT2D eigenvalue weighted by Crippen LogP contribution is -2.41. The van der Waals surface area contributed by atoms with Gasteiger partial charge in [-0.1, -0.05) is 41.4 Å². The van der Waals surface area contributed by atoms with Crippen LogP contribution in [0.4, 0.5) is 0 Å². The molecule has 0 aliphatic rings. The maximum absolute atomic E-state index is 12.3. The number of carbonyl (C=O) groups excluding carboxylic acids is 2. The number of hydrogen-bond acceptors (Lipinski definition) is 5. The Balaban J connectivity index is 1.68. The fourth-order valence-corrected chi connectivity index (χ4v) is 3.53. The van der Waals surface area contributed by atoms with Gasteiger partial charge in [-0.3, -0.25) is 20.4 Å². The number of nitrogens with one attached hydrogen (secondary N) is 2. The van der Waals surface area contributed by atoms with Crippen LogP contribution in [0.1, 0.15) is 20.0 Å². The molecule has 0 atom stereocenters. The van der Waals surface area contributed by atoms with Crippen LogP contribution >= 0.6 is 34.5 Å². The molecule has 0 radical (unpaired) electrons. The van der Waals surface area contributed by atoms with Crippen molar-refractivity contribution in [3.63, 3.8) is 0 Å². The van der Waals surface area contributed by atoms with Crippen molar-refractivity contribution in [2.24, 2.45) is 0 Å². The van der Waals surface area contributed by atoms with Gasteiger partial charge in [0.2, 0.25) is 0 Å². The quantitative estimate of drug-likeness (QED) is 0.618. The molecule has 3 rings (SSSR count). The number of ether oxygens (including phenoxy) is 1.